The smallest absolute Gasteiger partial charge is 0.346 e. The second-order valence-electron chi connectivity index (χ2n) is 5.49. The van der Waals surface area contributed by atoms with Crippen molar-refractivity contribution in [3.05, 3.63) is 64.1 Å². The Kier molecular flexibility index (Phi) is 4.11. The highest BCUT2D eigenvalue weighted by Gasteiger charge is 2.49. The largest absolute Gasteiger partial charge is 0.507 e. The van der Waals surface area contributed by atoms with Gasteiger partial charge in [-0.05, 0) is 30.7 Å². The minimum Gasteiger partial charge on any atom is -0.507 e. The summed E-state index contributed by atoms with van der Waals surface area (Å²) in [6.07, 6.45) is 1.27. The van der Waals surface area contributed by atoms with Crippen molar-refractivity contribution in [1.29, 1.82) is 0 Å². The van der Waals surface area contributed by atoms with Gasteiger partial charge in [-0.2, -0.15) is 5.10 Å². The first-order valence-electron chi connectivity index (χ1n) is 7.16. The van der Waals surface area contributed by atoms with Crippen LogP contribution in [0.4, 0.5) is 4.79 Å². The van der Waals surface area contributed by atoms with E-state index >= 15 is 0 Å². The molecule has 0 saturated carbocycles. The molecule has 122 valence electrons. The van der Waals surface area contributed by atoms with Crippen LogP contribution in [0.15, 0.2) is 58.1 Å². The lowest BCUT2D eigenvalue weighted by atomic mass is 9.92. The van der Waals surface area contributed by atoms with Crippen molar-refractivity contribution in [2.75, 3.05) is 0 Å². The summed E-state index contributed by atoms with van der Waals surface area (Å²) >= 11 is 3.29. The van der Waals surface area contributed by atoms with Crippen molar-refractivity contribution in [1.82, 2.24) is 10.3 Å². The predicted octanol–water partition coefficient (Wildman–Crippen LogP) is 2.96. The van der Waals surface area contributed by atoms with E-state index in [0.29, 0.717) is 11.1 Å². The molecule has 2 aromatic rings. The number of nitrogens with one attached hydrogen (secondary N) is 1. The minimum atomic E-state index is -1.17. The average molecular weight is 388 g/mol. The molecule has 3 amide bonds. The Morgan fingerprint density at radius 2 is 1.92 bits per heavy atom. The summed E-state index contributed by atoms with van der Waals surface area (Å²) in [5.41, 5.74) is -0.112. The number of halogens is 1. The topological polar surface area (TPSA) is 82.0 Å². The van der Waals surface area contributed by atoms with Gasteiger partial charge in [0.1, 0.15) is 11.3 Å². The van der Waals surface area contributed by atoms with Gasteiger partial charge in [-0.25, -0.2) is 4.79 Å². The highest BCUT2D eigenvalue weighted by molar-refractivity contribution is 9.10. The Balaban J connectivity index is 1.90. The first kappa shape index (κ1) is 16.2. The highest BCUT2D eigenvalue weighted by atomic mass is 79.9. The van der Waals surface area contributed by atoms with Crippen LogP contribution < -0.4 is 5.32 Å². The number of phenols is 1. The zero-order valence-electron chi connectivity index (χ0n) is 12.7. The van der Waals surface area contributed by atoms with Gasteiger partial charge in [0.15, 0.2) is 0 Å². The maximum atomic E-state index is 12.7. The number of urea groups is 1. The van der Waals surface area contributed by atoms with Gasteiger partial charge in [0, 0.05) is 10.0 Å². The fourth-order valence-electron chi connectivity index (χ4n) is 2.45. The minimum absolute atomic E-state index is 0.000162. The lowest BCUT2D eigenvalue weighted by molar-refractivity contribution is -0.131. The Morgan fingerprint density at radius 1 is 1.21 bits per heavy atom. The maximum Gasteiger partial charge on any atom is 0.346 e. The number of hydrogen-bond acceptors (Lipinski definition) is 4. The molecule has 0 aliphatic carbocycles. The molecular weight excluding hydrogens is 374 g/mol. The van der Waals surface area contributed by atoms with E-state index in [1.165, 1.54) is 12.3 Å². The molecule has 0 radical (unpaired) electrons. The Bertz CT molecular complexity index is 838. The van der Waals surface area contributed by atoms with Crippen molar-refractivity contribution in [3.63, 3.8) is 0 Å². The molecule has 0 bridgehead atoms. The SMILES string of the molecule is C[C@]1(c2ccccc2)NC(=O)N(/N=C/c2cc(Br)ccc2O)C1=O. The van der Waals surface area contributed by atoms with Gasteiger partial charge < -0.3 is 10.4 Å². The van der Waals surface area contributed by atoms with E-state index in [1.54, 1.807) is 43.3 Å². The van der Waals surface area contributed by atoms with Crippen LogP contribution >= 0.6 is 15.9 Å². The molecule has 1 fully saturated rings. The van der Waals surface area contributed by atoms with E-state index in [1.807, 2.05) is 6.07 Å². The second kappa shape index (κ2) is 6.09. The number of rotatable bonds is 3. The lowest BCUT2D eigenvalue weighted by Gasteiger charge is -2.20. The average Bonchev–Trinajstić information content (AvgIpc) is 2.80. The number of amides is 3. The molecule has 1 saturated heterocycles. The van der Waals surface area contributed by atoms with Crippen LogP contribution in [0.1, 0.15) is 18.1 Å². The third kappa shape index (κ3) is 2.78. The first-order valence-corrected chi connectivity index (χ1v) is 7.96. The van der Waals surface area contributed by atoms with Crippen molar-refractivity contribution >= 4 is 34.1 Å². The lowest BCUT2D eigenvalue weighted by Crippen LogP contribution is -2.40. The highest BCUT2D eigenvalue weighted by Crippen LogP contribution is 2.29. The predicted molar refractivity (Wildman–Crippen MR) is 92.6 cm³/mol. The van der Waals surface area contributed by atoms with Gasteiger partial charge in [0.25, 0.3) is 5.91 Å². The molecule has 7 heteroatoms. The number of carbonyl (C=O) groups is 2. The van der Waals surface area contributed by atoms with Crippen LogP contribution in [0.25, 0.3) is 0 Å². The van der Waals surface area contributed by atoms with Gasteiger partial charge in [0.05, 0.1) is 6.21 Å². The summed E-state index contributed by atoms with van der Waals surface area (Å²) < 4.78 is 0.744. The van der Waals surface area contributed by atoms with E-state index in [-0.39, 0.29) is 5.75 Å². The molecule has 2 N–H and O–H groups in total. The molecular formula is C17H14BrN3O3. The van der Waals surface area contributed by atoms with E-state index in [9.17, 15) is 14.7 Å². The molecule has 6 nitrogen and oxygen atoms in total. The van der Waals surface area contributed by atoms with Gasteiger partial charge >= 0.3 is 6.03 Å². The van der Waals surface area contributed by atoms with Gasteiger partial charge in [0.2, 0.25) is 0 Å². The van der Waals surface area contributed by atoms with Crippen molar-refractivity contribution in [2.24, 2.45) is 5.10 Å². The van der Waals surface area contributed by atoms with Crippen molar-refractivity contribution in [2.45, 2.75) is 12.5 Å². The molecule has 1 atom stereocenters. The van der Waals surface area contributed by atoms with Crippen LogP contribution in [0, 0.1) is 0 Å². The van der Waals surface area contributed by atoms with Gasteiger partial charge in [-0.15, -0.1) is 5.01 Å². The molecule has 3 rings (SSSR count). The molecule has 24 heavy (non-hydrogen) atoms. The summed E-state index contributed by atoms with van der Waals surface area (Å²) in [6.45, 7) is 1.63. The van der Waals surface area contributed by atoms with Crippen molar-refractivity contribution < 1.29 is 14.7 Å². The molecule has 1 aliphatic heterocycles. The summed E-state index contributed by atoms with van der Waals surface area (Å²) in [5, 5.41) is 17.2. The third-order valence-corrected chi connectivity index (χ3v) is 4.32. The number of phenolic OH excluding ortho intramolecular Hbond substituents is 1. The number of benzene rings is 2. The fourth-order valence-corrected chi connectivity index (χ4v) is 2.82. The summed E-state index contributed by atoms with van der Waals surface area (Å²) in [7, 11) is 0. The molecule has 0 aromatic heterocycles. The number of nitrogens with zero attached hydrogens (tertiary/aromatic N) is 2. The van der Waals surface area contributed by atoms with Crippen molar-refractivity contribution in [3.8, 4) is 5.75 Å². The molecule has 1 aliphatic rings. The molecule has 0 unspecified atom stereocenters. The number of hydrazone groups is 1. The Morgan fingerprint density at radius 3 is 2.62 bits per heavy atom. The maximum absolute atomic E-state index is 12.7. The summed E-state index contributed by atoms with van der Waals surface area (Å²) in [5.74, 6) is -0.482. The number of carbonyl (C=O) groups excluding carboxylic acids is 2. The van der Waals surface area contributed by atoms with Crippen LogP contribution in [0.2, 0.25) is 0 Å². The van der Waals surface area contributed by atoms with Crippen LogP contribution in [0.5, 0.6) is 5.75 Å². The van der Waals surface area contributed by atoms with Crippen LogP contribution in [-0.4, -0.2) is 28.3 Å². The third-order valence-electron chi connectivity index (χ3n) is 3.82. The number of hydrogen-bond donors (Lipinski definition) is 2. The van der Waals surface area contributed by atoms with E-state index in [4.69, 9.17) is 0 Å². The van der Waals surface area contributed by atoms with Crippen LogP contribution in [0.3, 0.4) is 0 Å². The number of aromatic hydroxyl groups is 1. The molecule has 1 heterocycles. The van der Waals surface area contributed by atoms with Gasteiger partial charge in [-0.3, -0.25) is 4.79 Å². The van der Waals surface area contributed by atoms with Crippen LogP contribution in [-0.2, 0) is 10.3 Å². The van der Waals surface area contributed by atoms with Gasteiger partial charge in [-0.1, -0.05) is 46.3 Å². The van der Waals surface area contributed by atoms with E-state index in [2.05, 4.69) is 26.3 Å². The Labute approximate surface area is 146 Å². The standard InChI is InChI=1S/C17H14BrN3O3/c1-17(12-5-3-2-4-6-12)15(23)21(16(24)20-17)19-10-11-9-13(18)7-8-14(11)22/h2-10,22H,1H3,(H,20,24)/b19-10+/t17-/m1/s1. The first-order chi connectivity index (χ1) is 11.4. The summed E-state index contributed by atoms with van der Waals surface area (Å²) in [6, 6.07) is 13.2. The second-order valence-corrected chi connectivity index (χ2v) is 6.40. The molecule has 0 spiro atoms. The Hall–Kier alpha value is -2.67. The molecule has 2 aromatic carbocycles. The number of imide groups is 1. The summed E-state index contributed by atoms with van der Waals surface area (Å²) in [4.78, 5) is 24.8. The normalized spacial score (nSPS) is 20.7. The zero-order valence-corrected chi connectivity index (χ0v) is 14.3. The quantitative estimate of drug-likeness (QED) is 0.627. The monoisotopic (exact) mass is 387 g/mol. The zero-order chi connectivity index (χ0) is 17.3. The fraction of sp³-hybridized carbons (Fsp3) is 0.118. The van der Waals surface area contributed by atoms with E-state index < -0.39 is 17.5 Å². The van der Waals surface area contributed by atoms with E-state index in [0.717, 1.165) is 9.48 Å².